The molecule has 1 saturated heterocycles. The second-order valence-electron chi connectivity index (χ2n) is 4.55. The second kappa shape index (κ2) is 5.46. The Hall–Kier alpha value is -0.870. The minimum Gasteiger partial charge on any atom is -0.378 e. The molecular formula is C12H21N3O. The zero-order chi connectivity index (χ0) is 11.4. The van der Waals surface area contributed by atoms with Crippen molar-refractivity contribution in [1.82, 2.24) is 9.78 Å². The summed E-state index contributed by atoms with van der Waals surface area (Å²) in [5.74, 6) is 0. The average Bonchev–Trinajstić information content (AvgIpc) is 2.88. The van der Waals surface area contributed by atoms with Crippen molar-refractivity contribution in [2.24, 2.45) is 12.8 Å². The largest absolute Gasteiger partial charge is 0.378 e. The van der Waals surface area contributed by atoms with Crippen LogP contribution in [0.1, 0.15) is 43.8 Å². The van der Waals surface area contributed by atoms with Crippen molar-refractivity contribution in [2.75, 3.05) is 6.61 Å². The van der Waals surface area contributed by atoms with Gasteiger partial charge in [0.25, 0.3) is 0 Å². The maximum atomic E-state index is 6.12. The third kappa shape index (κ3) is 2.83. The first-order valence-electron chi connectivity index (χ1n) is 6.12. The lowest BCUT2D eigenvalue weighted by Crippen LogP contribution is -2.15. The molecule has 4 heteroatoms. The first-order chi connectivity index (χ1) is 7.77. The smallest absolute Gasteiger partial charge is 0.0576 e. The molecule has 2 N–H and O–H groups in total. The van der Waals surface area contributed by atoms with Gasteiger partial charge in [0.1, 0.15) is 0 Å². The first kappa shape index (κ1) is 11.6. The molecule has 1 fully saturated rings. The lowest BCUT2D eigenvalue weighted by molar-refractivity contribution is 0.101. The summed E-state index contributed by atoms with van der Waals surface area (Å²) < 4.78 is 7.45. The summed E-state index contributed by atoms with van der Waals surface area (Å²) in [5.41, 5.74) is 7.24. The fourth-order valence-corrected chi connectivity index (χ4v) is 2.33. The Balaban J connectivity index is 1.71. The highest BCUT2D eigenvalue weighted by atomic mass is 16.5. The minimum atomic E-state index is 0.105. The molecule has 0 aliphatic carbocycles. The summed E-state index contributed by atoms with van der Waals surface area (Å²) in [4.78, 5) is 0. The maximum absolute atomic E-state index is 6.12. The molecule has 0 bridgehead atoms. The van der Waals surface area contributed by atoms with Gasteiger partial charge in [0, 0.05) is 25.9 Å². The standard InChI is InChI=1S/C12H21N3O/c1-15-12(7-8-14-15)11(13)6-2-4-10-5-3-9-16-10/h7-8,10-11H,2-6,9,13H2,1H3. The Bertz CT molecular complexity index is 318. The van der Waals surface area contributed by atoms with E-state index in [1.807, 2.05) is 17.8 Å². The van der Waals surface area contributed by atoms with Gasteiger partial charge in [-0.3, -0.25) is 4.68 Å². The molecule has 0 radical (unpaired) electrons. The van der Waals surface area contributed by atoms with Crippen molar-refractivity contribution < 1.29 is 4.74 Å². The van der Waals surface area contributed by atoms with Crippen LogP contribution in [-0.2, 0) is 11.8 Å². The molecule has 4 nitrogen and oxygen atoms in total. The normalized spacial score (nSPS) is 22.5. The van der Waals surface area contributed by atoms with Gasteiger partial charge in [-0.15, -0.1) is 0 Å². The molecule has 1 aromatic rings. The van der Waals surface area contributed by atoms with Gasteiger partial charge in [0.15, 0.2) is 0 Å². The molecule has 16 heavy (non-hydrogen) atoms. The molecule has 2 rings (SSSR count). The predicted octanol–water partition coefficient (Wildman–Crippen LogP) is 1.77. The Labute approximate surface area is 96.8 Å². The van der Waals surface area contributed by atoms with E-state index in [2.05, 4.69) is 5.10 Å². The van der Waals surface area contributed by atoms with Crippen LogP contribution in [0.2, 0.25) is 0 Å². The Morgan fingerprint density at radius 3 is 3.19 bits per heavy atom. The maximum Gasteiger partial charge on any atom is 0.0576 e. The van der Waals surface area contributed by atoms with Crippen molar-refractivity contribution in [3.05, 3.63) is 18.0 Å². The van der Waals surface area contributed by atoms with Crippen LogP contribution in [0.15, 0.2) is 12.3 Å². The Kier molecular flexibility index (Phi) is 3.96. The van der Waals surface area contributed by atoms with Crippen LogP contribution in [0, 0.1) is 0 Å². The Morgan fingerprint density at radius 1 is 1.69 bits per heavy atom. The summed E-state index contributed by atoms with van der Waals surface area (Å²) in [6.07, 6.45) is 8.02. The number of nitrogens with zero attached hydrogens (tertiary/aromatic N) is 2. The lowest BCUT2D eigenvalue weighted by atomic mass is 10.0. The van der Waals surface area contributed by atoms with E-state index >= 15 is 0 Å². The third-order valence-electron chi connectivity index (χ3n) is 3.30. The topological polar surface area (TPSA) is 53.1 Å². The SMILES string of the molecule is Cn1nccc1C(N)CCCC1CCCO1. The summed E-state index contributed by atoms with van der Waals surface area (Å²) in [7, 11) is 1.94. The van der Waals surface area contributed by atoms with Crippen molar-refractivity contribution >= 4 is 0 Å². The minimum absolute atomic E-state index is 0.105. The fraction of sp³-hybridized carbons (Fsp3) is 0.750. The molecule has 2 unspecified atom stereocenters. The zero-order valence-electron chi connectivity index (χ0n) is 9.93. The summed E-state index contributed by atoms with van der Waals surface area (Å²) in [5, 5.41) is 4.14. The Morgan fingerprint density at radius 2 is 2.56 bits per heavy atom. The van der Waals surface area contributed by atoms with Gasteiger partial charge >= 0.3 is 0 Å². The molecule has 1 aliphatic heterocycles. The monoisotopic (exact) mass is 223 g/mol. The molecule has 2 atom stereocenters. The number of aromatic nitrogens is 2. The van der Waals surface area contributed by atoms with Crippen LogP contribution < -0.4 is 5.73 Å². The van der Waals surface area contributed by atoms with E-state index in [1.54, 1.807) is 6.20 Å². The van der Waals surface area contributed by atoms with Gasteiger partial charge < -0.3 is 10.5 Å². The van der Waals surface area contributed by atoms with Crippen molar-refractivity contribution in [2.45, 2.75) is 44.2 Å². The van der Waals surface area contributed by atoms with Gasteiger partial charge in [-0.25, -0.2) is 0 Å². The van der Waals surface area contributed by atoms with Gasteiger partial charge in [0.05, 0.1) is 11.8 Å². The van der Waals surface area contributed by atoms with E-state index in [-0.39, 0.29) is 6.04 Å². The fourth-order valence-electron chi connectivity index (χ4n) is 2.33. The van der Waals surface area contributed by atoms with E-state index in [0.717, 1.165) is 31.6 Å². The predicted molar refractivity (Wildman–Crippen MR) is 63.0 cm³/mol. The molecule has 2 heterocycles. The van der Waals surface area contributed by atoms with Gasteiger partial charge in [-0.1, -0.05) is 0 Å². The van der Waals surface area contributed by atoms with E-state index in [1.165, 1.54) is 12.8 Å². The zero-order valence-corrected chi connectivity index (χ0v) is 9.93. The van der Waals surface area contributed by atoms with E-state index < -0.39 is 0 Å². The van der Waals surface area contributed by atoms with E-state index in [9.17, 15) is 0 Å². The van der Waals surface area contributed by atoms with Crippen LogP contribution in [-0.4, -0.2) is 22.5 Å². The number of ether oxygens (including phenoxy) is 1. The molecule has 0 aromatic carbocycles. The summed E-state index contributed by atoms with van der Waals surface area (Å²) >= 11 is 0. The third-order valence-corrected chi connectivity index (χ3v) is 3.30. The van der Waals surface area contributed by atoms with Crippen LogP contribution in [0.4, 0.5) is 0 Å². The number of aryl methyl sites for hydroxylation is 1. The summed E-state index contributed by atoms with van der Waals surface area (Å²) in [6, 6.07) is 2.10. The number of hydrogen-bond acceptors (Lipinski definition) is 3. The van der Waals surface area contributed by atoms with Crippen molar-refractivity contribution in [1.29, 1.82) is 0 Å². The van der Waals surface area contributed by atoms with Gasteiger partial charge in [-0.05, 0) is 38.2 Å². The highest BCUT2D eigenvalue weighted by Crippen LogP contribution is 2.21. The molecule has 1 aliphatic rings. The first-order valence-corrected chi connectivity index (χ1v) is 6.12. The average molecular weight is 223 g/mol. The van der Waals surface area contributed by atoms with Crippen LogP contribution in [0.5, 0.6) is 0 Å². The number of nitrogens with two attached hydrogens (primary N) is 1. The molecule has 90 valence electrons. The van der Waals surface area contributed by atoms with E-state index in [4.69, 9.17) is 10.5 Å². The highest BCUT2D eigenvalue weighted by Gasteiger charge is 2.16. The lowest BCUT2D eigenvalue weighted by Gasteiger charge is -2.13. The van der Waals surface area contributed by atoms with Crippen molar-refractivity contribution in [3.8, 4) is 0 Å². The van der Waals surface area contributed by atoms with Gasteiger partial charge in [0.2, 0.25) is 0 Å². The quantitative estimate of drug-likeness (QED) is 0.827. The number of rotatable bonds is 5. The molecule has 0 saturated carbocycles. The molecular weight excluding hydrogens is 202 g/mol. The van der Waals surface area contributed by atoms with Crippen molar-refractivity contribution in [3.63, 3.8) is 0 Å². The molecule has 0 spiro atoms. The highest BCUT2D eigenvalue weighted by molar-refractivity contribution is 5.05. The van der Waals surface area contributed by atoms with Crippen LogP contribution >= 0.6 is 0 Å². The second-order valence-corrected chi connectivity index (χ2v) is 4.55. The van der Waals surface area contributed by atoms with E-state index in [0.29, 0.717) is 6.10 Å². The van der Waals surface area contributed by atoms with Gasteiger partial charge in [-0.2, -0.15) is 5.10 Å². The van der Waals surface area contributed by atoms with Crippen LogP contribution in [0.3, 0.4) is 0 Å². The summed E-state index contributed by atoms with van der Waals surface area (Å²) in [6.45, 7) is 0.943. The molecule has 0 amide bonds. The van der Waals surface area contributed by atoms with Crippen LogP contribution in [0.25, 0.3) is 0 Å². The number of hydrogen-bond donors (Lipinski definition) is 1. The molecule has 1 aromatic heterocycles.